The molecule has 0 amide bonds. The molecule has 118 valence electrons. The second kappa shape index (κ2) is 7.02. The number of aromatic nitrogens is 3. The van der Waals surface area contributed by atoms with E-state index in [1.807, 2.05) is 36.4 Å². The minimum Gasteiger partial charge on any atom is -0.497 e. The van der Waals surface area contributed by atoms with Crippen LogP contribution in [0.3, 0.4) is 0 Å². The minimum absolute atomic E-state index is 0.181. The molecule has 0 aliphatic heterocycles. The Hall–Kier alpha value is -2.73. The third-order valence-corrected chi connectivity index (χ3v) is 3.58. The average molecular weight is 310 g/mol. The highest BCUT2D eigenvalue weighted by Gasteiger charge is 2.10. The van der Waals surface area contributed by atoms with Crippen LogP contribution < -0.4 is 10.1 Å². The molecule has 3 aromatic rings. The van der Waals surface area contributed by atoms with Crippen molar-refractivity contribution in [1.82, 2.24) is 20.4 Å². The van der Waals surface area contributed by atoms with Crippen LogP contribution in [0.4, 0.5) is 0 Å². The van der Waals surface area contributed by atoms with Crippen molar-refractivity contribution in [2.24, 2.45) is 0 Å². The van der Waals surface area contributed by atoms with Gasteiger partial charge in [0.2, 0.25) is 0 Å². The van der Waals surface area contributed by atoms with Gasteiger partial charge in [0.25, 0.3) is 5.89 Å². The fourth-order valence-electron chi connectivity index (χ4n) is 2.19. The van der Waals surface area contributed by atoms with Crippen LogP contribution in [0, 0.1) is 0 Å². The molecule has 3 rings (SSSR count). The zero-order valence-corrected chi connectivity index (χ0v) is 13.1. The maximum Gasteiger partial charge on any atom is 0.257 e. The van der Waals surface area contributed by atoms with Crippen LogP contribution in [0.15, 0.2) is 53.3 Å². The van der Waals surface area contributed by atoms with Crippen molar-refractivity contribution in [2.75, 3.05) is 7.11 Å². The normalized spacial score (nSPS) is 12.1. The maximum absolute atomic E-state index is 5.31. The summed E-state index contributed by atoms with van der Waals surface area (Å²) in [7, 11) is 1.63. The Morgan fingerprint density at radius 3 is 2.57 bits per heavy atom. The third kappa shape index (κ3) is 3.73. The lowest BCUT2D eigenvalue weighted by atomic mass is 10.1. The van der Waals surface area contributed by atoms with Crippen molar-refractivity contribution in [3.05, 3.63) is 60.2 Å². The number of ether oxygens (including phenoxy) is 1. The van der Waals surface area contributed by atoms with Gasteiger partial charge in [-0.05, 0) is 48.9 Å². The van der Waals surface area contributed by atoms with E-state index in [1.165, 1.54) is 5.56 Å². The first kappa shape index (κ1) is 15.2. The number of benzene rings is 1. The van der Waals surface area contributed by atoms with E-state index in [-0.39, 0.29) is 6.04 Å². The van der Waals surface area contributed by atoms with E-state index in [9.17, 15) is 0 Å². The second-order valence-corrected chi connectivity index (χ2v) is 5.13. The summed E-state index contributed by atoms with van der Waals surface area (Å²) in [6.45, 7) is 2.61. The Bertz CT molecular complexity index is 741. The number of hydrogen-bond acceptors (Lipinski definition) is 6. The van der Waals surface area contributed by atoms with Crippen LogP contribution in [0.1, 0.15) is 24.4 Å². The van der Waals surface area contributed by atoms with Gasteiger partial charge in [0.1, 0.15) is 5.75 Å². The molecule has 0 unspecified atom stereocenters. The molecule has 0 spiro atoms. The fraction of sp³-hybridized carbons (Fsp3) is 0.235. The van der Waals surface area contributed by atoms with E-state index in [2.05, 4.69) is 27.4 Å². The molecule has 0 aliphatic carbocycles. The number of hydrogen-bond donors (Lipinski definition) is 1. The highest BCUT2D eigenvalue weighted by atomic mass is 16.5. The van der Waals surface area contributed by atoms with Gasteiger partial charge in [-0.3, -0.25) is 4.98 Å². The standard InChI is InChI=1S/C17H18N4O2/c1-12(13-7-9-18-10-8-13)19-11-16-20-17(23-21-16)14-3-5-15(22-2)6-4-14/h3-10,12,19H,11H2,1-2H3/t12-/m0/s1. The molecule has 1 atom stereocenters. The fourth-order valence-corrected chi connectivity index (χ4v) is 2.19. The summed E-state index contributed by atoms with van der Waals surface area (Å²) in [4.78, 5) is 8.43. The summed E-state index contributed by atoms with van der Waals surface area (Å²) in [5, 5.41) is 7.37. The molecule has 0 saturated heterocycles. The van der Waals surface area contributed by atoms with Crippen molar-refractivity contribution in [3.8, 4) is 17.2 Å². The molecule has 0 saturated carbocycles. The van der Waals surface area contributed by atoms with E-state index in [0.29, 0.717) is 18.3 Å². The van der Waals surface area contributed by atoms with Crippen molar-refractivity contribution in [3.63, 3.8) is 0 Å². The topological polar surface area (TPSA) is 73.1 Å². The summed E-state index contributed by atoms with van der Waals surface area (Å²) in [6.07, 6.45) is 3.56. The van der Waals surface area contributed by atoms with Gasteiger partial charge in [-0.2, -0.15) is 4.98 Å². The average Bonchev–Trinajstić information content (AvgIpc) is 3.09. The molecular weight excluding hydrogens is 292 g/mol. The first-order valence-electron chi connectivity index (χ1n) is 7.36. The predicted octanol–water partition coefficient (Wildman–Crippen LogP) is 2.99. The lowest BCUT2D eigenvalue weighted by molar-refractivity contribution is 0.413. The van der Waals surface area contributed by atoms with Gasteiger partial charge in [-0.15, -0.1) is 0 Å². The van der Waals surface area contributed by atoms with Crippen molar-refractivity contribution in [2.45, 2.75) is 19.5 Å². The molecule has 23 heavy (non-hydrogen) atoms. The molecule has 1 aromatic carbocycles. The van der Waals surface area contributed by atoms with E-state index in [1.54, 1.807) is 19.5 Å². The van der Waals surface area contributed by atoms with Crippen molar-refractivity contribution < 1.29 is 9.26 Å². The molecular formula is C17H18N4O2. The summed E-state index contributed by atoms with van der Waals surface area (Å²) in [5.74, 6) is 1.92. The number of methoxy groups -OCH3 is 1. The molecule has 6 nitrogen and oxygen atoms in total. The number of nitrogens with one attached hydrogen (secondary N) is 1. The smallest absolute Gasteiger partial charge is 0.257 e. The predicted molar refractivity (Wildman–Crippen MR) is 85.8 cm³/mol. The Labute approximate surface area is 134 Å². The molecule has 2 aromatic heterocycles. The maximum atomic E-state index is 5.31. The molecule has 0 radical (unpaired) electrons. The van der Waals surface area contributed by atoms with Gasteiger partial charge in [0.15, 0.2) is 5.82 Å². The van der Waals surface area contributed by atoms with Gasteiger partial charge in [-0.25, -0.2) is 0 Å². The number of rotatable bonds is 6. The van der Waals surface area contributed by atoms with Crippen LogP contribution in [0.2, 0.25) is 0 Å². The Balaban J connectivity index is 1.63. The van der Waals surface area contributed by atoms with Gasteiger partial charge < -0.3 is 14.6 Å². The number of pyridine rings is 1. The second-order valence-electron chi connectivity index (χ2n) is 5.13. The molecule has 2 heterocycles. The van der Waals surface area contributed by atoms with Crippen molar-refractivity contribution in [1.29, 1.82) is 0 Å². The molecule has 1 N–H and O–H groups in total. The molecule has 0 aliphatic rings. The van der Waals surface area contributed by atoms with E-state index < -0.39 is 0 Å². The molecule has 0 fully saturated rings. The zero-order chi connectivity index (χ0) is 16.1. The lowest BCUT2D eigenvalue weighted by Gasteiger charge is -2.11. The Morgan fingerprint density at radius 2 is 1.87 bits per heavy atom. The van der Waals surface area contributed by atoms with Gasteiger partial charge >= 0.3 is 0 Å². The minimum atomic E-state index is 0.181. The molecule has 0 bridgehead atoms. The number of nitrogens with zero attached hydrogens (tertiary/aromatic N) is 3. The first-order valence-corrected chi connectivity index (χ1v) is 7.36. The Kier molecular flexibility index (Phi) is 4.63. The quantitative estimate of drug-likeness (QED) is 0.754. The SMILES string of the molecule is COc1ccc(-c2nc(CN[C@@H](C)c3ccncc3)no2)cc1. The van der Waals surface area contributed by atoms with Crippen molar-refractivity contribution >= 4 is 0 Å². The van der Waals surface area contributed by atoms with E-state index in [4.69, 9.17) is 9.26 Å². The summed E-state index contributed by atoms with van der Waals surface area (Å²) in [5.41, 5.74) is 2.03. The lowest BCUT2D eigenvalue weighted by Crippen LogP contribution is -2.18. The van der Waals surface area contributed by atoms with Crippen LogP contribution in [-0.4, -0.2) is 22.2 Å². The summed E-state index contributed by atoms with van der Waals surface area (Å²) >= 11 is 0. The third-order valence-electron chi connectivity index (χ3n) is 3.58. The summed E-state index contributed by atoms with van der Waals surface area (Å²) in [6, 6.07) is 11.7. The van der Waals surface area contributed by atoms with Crippen LogP contribution in [0.5, 0.6) is 5.75 Å². The van der Waals surface area contributed by atoms with Gasteiger partial charge in [0.05, 0.1) is 13.7 Å². The van der Waals surface area contributed by atoms with Gasteiger partial charge in [-0.1, -0.05) is 5.16 Å². The van der Waals surface area contributed by atoms with Gasteiger partial charge in [0, 0.05) is 24.0 Å². The summed E-state index contributed by atoms with van der Waals surface area (Å²) < 4.78 is 10.4. The highest BCUT2D eigenvalue weighted by molar-refractivity contribution is 5.54. The van der Waals surface area contributed by atoms with E-state index in [0.717, 1.165) is 11.3 Å². The Morgan fingerprint density at radius 1 is 1.13 bits per heavy atom. The largest absolute Gasteiger partial charge is 0.497 e. The molecule has 6 heteroatoms. The van der Waals surface area contributed by atoms with Crippen LogP contribution in [-0.2, 0) is 6.54 Å². The monoisotopic (exact) mass is 310 g/mol. The first-order chi connectivity index (χ1) is 11.3. The van der Waals surface area contributed by atoms with Crippen LogP contribution >= 0.6 is 0 Å². The highest BCUT2D eigenvalue weighted by Crippen LogP contribution is 2.20. The van der Waals surface area contributed by atoms with E-state index >= 15 is 0 Å². The zero-order valence-electron chi connectivity index (χ0n) is 13.1. The van der Waals surface area contributed by atoms with Crippen LogP contribution in [0.25, 0.3) is 11.5 Å².